The molecule has 3 aliphatic carbocycles. The van der Waals surface area contributed by atoms with E-state index >= 15 is 0 Å². The second-order valence-corrected chi connectivity index (χ2v) is 8.77. The third-order valence-corrected chi connectivity index (χ3v) is 7.87. The molecule has 4 unspecified atom stereocenters. The predicted octanol–water partition coefficient (Wildman–Crippen LogP) is 4.56. The SMILES string of the molecule is C=CC(=O)N(C)C1CCC2C3CCc4cc(OC)ccc4C3CC[C@@]21C. The fourth-order valence-corrected chi connectivity index (χ4v) is 6.59. The third kappa shape index (κ3) is 2.51. The molecule has 0 heterocycles. The van der Waals surface area contributed by atoms with Gasteiger partial charge >= 0.3 is 0 Å². The number of methoxy groups -OCH3 is 1. The number of nitrogens with zero attached hydrogens (tertiary/aromatic N) is 1. The fourth-order valence-electron chi connectivity index (χ4n) is 6.59. The lowest BCUT2D eigenvalue weighted by atomic mass is 9.55. The largest absolute Gasteiger partial charge is 0.497 e. The van der Waals surface area contributed by atoms with Gasteiger partial charge in [-0.3, -0.25) is 4.79 Å². The average molecular weight is 354 g/mol. The summed E-state index contributed by atoms with van der Waals surface area (Å²) < 4.78 is 5.43. The van der Waals surface area contributed by atoms with Crippen molar-refractivity contribution >= 4 is 5.91 Å². The van der Waals surface area contributed by atoms with Crippen LogP contribution in [0.25, 0.3) is 0 Å². The zero-order valence-electron chi connectivity index (χ0n) is 16.3. The predicted molar refractivity (Wildman–Crippen MR) is 104 cm³/mol. The van der Waals surface area contributed by atoms with Gasteiger partial charge in [0.05, 0.1) is 7.11 Å². The summed E-state index contributed by atoms with van der Waals surface area (Å²) in [6.45, 7) is 6.13. The Kier molecular flexibility index (Phi) is 4.37. The van der Waals surface area contributed by atoms with Crippen LogP contribution in [0.3, 0.4) is 0 Å². The first-order valence-electron chi connectivity index (χ1n) is 10.1. The smallest absolute Gasteiger partial charge is 0.245 e. The molecule has 0 bridgehead atoms. The van der Waals surface area contributed by atoms with Crippen LogP contribution in [0.4, 0.5) is 0 Å². The molecule has 4 rings (SSSR count). The second-order valence-electron chi connectivity index (χ2n) is 8.77. The monoisotopic (exact) mass is 353 g/mol. The number of fused-ring (bicyclic) bond motifs is 5. The van der Waals surface area contributed by atoms with Gasteiger partial charge in [-0.25, -0.2) is 0 Å². The molecule has 3 nitrogen and oxygen atoms in total. The van der Waals surface area contributed by atoms with Crippen LogP contribution < -0.4 is 4.74 Å². The molecule has 0 saturated heterocycles. The van der Waals surface area contributed by atoms with Gasteiger partial charge in [0.1, 0.15) is 5.75 Å². The molecule has 0 N–H and O–H groups in total. The minimum atomic E-state index is 0.0695. The fraction of sp³-hybridized carbons (Fsp3) is 0.609. The maximum Gasteiger partial charge on any atom is 0.245 e. The molecule has 2 saturated carbocycles. The van der Waals surface area contributed by atoms with Crippen molar-refractivity contribution in [2.24, 2.45) is 17.3 Å². The van der Waals surface area contributed by atoms with E-state index in [0.717, 1.165) is 30.4 Å². The van der Waals surface area contributed by atoms with Crippen molar-refractivity contribution in [3.63, 3.8) is 0 Å². The number of hydrogen-bond donors (Lipinski definition) is 0. The number of ether oxygens (including phenoxy) is 1. The molecule has 0 aliphatic heterocycles. The van der Waals surface area contributed by atoms with Gasteiger partial charge < -0.3 is 9.64 Å². The number of aryl methyl sites for hydroxylation is 1. The van der Waals surface area contributed by atoms with E-state index in [0.29, 0.717) is 12.0 Å². The van der Waals surface area contributed by atoms with Crippen molar-refractivity contribution in [3.05, 3.63) is 42.0 Å². The number of carbonyl (C=O) groups is 1. The van der Waals surface area contributed by atoms with Gasteiger partial charge in [0, 0.05) is 13.1 Å². The molecule has 3 heteroatoms. The molecule has 2 fully saturated rings. The Morgan fingerprint density at radius 1 is 1.31 bits per heavy atom. The quantitative estimate of drug-likeness (QED) is 0.745. The van der Waals surface area contributed by atoms with Crippen LogP contribution >= 0.6 is 0 Å². The van der Waals surface area contributed by atoms with Crippen molar-refractivity contribution in [1.82, 2.24) is 4.90 Å². The zero-order valence-corrected chi connectivity index (χ0v) is 16.3. The van der Waals surface area contributed by atoms with Gasteiger partial charge in [0.15, 0.2) is 0 Å². The Bertz CT molecular complexity index is 727. The number of amides is 1. The molecule has 140 valence electrons. The van der Waals surface area contributed by atoms with E-state index in [4.69, 9.17) is 4.74 Å². The summed E-state index contributed by atoms with van der Waals surface area (Å²) in [6, 6.07) is 7.04. The highest BCUT2D eigenvalue weighted by Crippen LogP contribution is 2.61. The summed E-state index contributed by atoms with van der Waals surface area (Å²) in [5.41, 5.74) is 3.30. The Hall–Kier alpha value is -1.77. The summed E-state index contributed by atoms with van der Waals surface area (Å²) in [5, 5.41) is 0. The van der Waals surface area contributed by atoms with E-state index in [9.17, 15) is 4.79 Å². The lowest BCUT2D eigenvalue weighted by Gasteiger charge is -2.52. The molecule has 1 amide bonds. The lowest BCUT2D eigenvalue weighted by Crippen LogP contribution is -2.50. The first-order chi connectivity index (χ1) is 12.5. The molecule has 1 aromatic rings. The number of likely N-dealkylation sites (N-methyl/N-ethyl adjacent to an activating group) is 1. The Morgan fingerprint density at radius 2 is 2.12 bits per heavy atom. The number of rotatable bonds is 3. The lowest BCUT2D eigenvalue weighted by molar-refractivity contribution is -0.130. The molecule has 0 aromatic heterocycles. The van der Waals surface area contributed by atoms with Crippen LogP contribution in [-0.4, -0.2) is 31.0 Å². The molecule has 0 radical (unpaired) electrons. The second kappa shape index (κ2) is 6.44. The maximum absolute atomic E-state index is 12.2. The van der Waals surface area contributed by atoms with Gasteiger partial charge in [-0.1, -0.05) is 19.6 Å². The number of benzene rings is 1. The van der Waals surface area contributed by atoms with Crippen molar-refractivity contribution in [3.8, 4) is 5.75 Å². The number of hydrogen-bond acceptors (Lipinski definition) is 2. The van der Waals surface area contributed by atoms with E-state index in [1.54, 1.807) is 12.7 Å². The van der Waals surface area contributed by atoms with Crippen LogP contribution in [0.15, 0.2) is 30.9 Å². The maximum atomic E-state index is 12.2. The molecule has 5 atom stereocenters. The third-order valence-electron chi connectivity index (χ3n) is 7.87. The van der Waals surface area contributed by atoms with Crippen LogP contribution in [-0.2, 0) is 11.2 Å². The van der Waals surface area contributed by atoms with Crippen LogP contribution in [0.1, 0.15) is 56.1 Å². The minimum Gasteiger partial charge on any atom is -0.497 e. The van der Waals surface area contributed by atoms with E-state index < -0.39 is 0 Å². The van der Waals surface area contributed by atoms with Gasteiger partial charge in [-0.15, -0.1) is 0 Å². The van der Waals surface area contributed by atoms with E-state index in [1.807, 2.05) is 11.9 Å². The van der Waals surface area contributed by atoms with Crippen LogP contribution in [0.2, 0.25) is 0 Å². The summed E-state index contributed by atoms with van der Waals surface area (Å²) in [4.78, 5) is 14.2. The summed E-state index contributed by atoms with van der Waals surface area (Å²) in [7, 11) is 3.72. The van der Waals surface area contributed by atoms with Gasteiger partial charge in [0.25, 0.3) is 0 Å². The highest BCUT2D eigenvalue weighted by atomic mass is 16.5. The number of carbonyl (C=O) groups excluding carboxylic acids is 1. The van der Waals surface area contributed by atoms with Gasteiger partial charge in [-0.2, -0.15) is 0 Å². The molecule has 26 heavy (non-hydrogen) atoms. The van der Waals surface area contributed by atoms with E-state index in [2.05, 4.69) is 31.7 Å². The molecule has 3 aliphatic rings. The first kappa shape index (κ1) is 17.6. The standard InChI is InChI=1S/C23H31NO2/c1-5-22(25)24(3)21-11-10-20-19-8-6-15-14-16(26-4)7-9-17(15)18(19)12-13-23(20,21)2/h5,7,9,14,18-21H,1,6,8,10-13H2,2-4H3/t18?,19?,20?,21?,23-/m0/s1. The van der Waals surface area contributed by atoms with Gasteiger partial charge in [-0.05, 0) is 91.0 Å². The van der Waals surface area contributed by atoms with Crippen molar-refractivity contribution < 1.29 is 9.53 Å². The van der Waals surface area contributed by atoms with E-state index in [1.165, 1.54) is 37.3 Å². The zero-order chi connectivity index (χ0) is 18.5. The highest BCUT2D eigenvalue weighted by Gasteiger charge is 2.56. The average Bonchev–Trinajstić information content (AvgIpc) is 3.03. The van der Waals surface area contributed by atoms with Gasteiger partial charge in [0.2, 0.25) is 5.91 Å². The van der Waals surface area contributed by atoms with Crippen molar-refractivity contribution in [1.29, 1.82) is 0 Å². The van der Waals surface area contributed by atoms with Crippen molar-refractivity contribution in [2.45, 2.75) is 57.4 Å². The van der Waals surface area contributed by atoms with Crippen LogP contribution in [0, 0.1) is 17.3 Å². The highest BCUT2D eigenvalue weighted by molar-refractivity contribution is 5.87. The Balaban J connectivity index is 1.61. The van der Waals surface area contributed by atoms with Crippen molar-refractivity contribution in [2.75, 3.05) is 14.2 Å². The summed E-state index contributed by atoms with van der Waals surface area (Å²) in [5.74, 6) is 3.21. The Labute approximate surface area is 157 Å². The first-order valence-corrected chi connectivity index (χ1v) is 10.1. The normalized spacial score (nSPS) is 35.0. The molecule has 1 aromatic carbocycles. The Morgan fingerprint density at radius 3 is 2.85 bits per heavy atom. The molecular formula is C23H31NO2. The van der Waals surface area contributed by atoms with Crippen LogP contribution in [0.5, 0.6) is 5.75 Å². The topological polar surface area (TPSA) is 29.5 Å². The molecule has 0 spiro atoms. The summed E-state index contributed by atoms with van der Waals surface area (Å²) >= 11 is 0. The summed E-state index contributed by atoms with van der Waals surface area (Å²) in [6.07, 6.45) is 8.74. The molecular weight excluding hydrogens is 322 g/mol. The van der Waals surface area contributed by atoms with E-state index in [-0.39, 0.29) is 11.3 Å². The minimum absolute atomic E-state index is 0.0695.